The molecule has 74 valence electrons. The molecule has 0 aliphatic carbocycles. The summed E-state index contributed by atoms with van der Waals surface area (Å²) in [7, 11) is -2.39. The van der Waals surface area contributed by atoms with Crippen molar-refractivity contribution in [1.82, 2.24) is 4.31 Å². The summed E-state index contributed by atoms with van der Waals surface area (Å²) in [5.74, 6) is -0.535. The average Bonchev–Trinajstić information content (AvgIpc) is 2.28. The van der Waals surface area contributed by atoms with Crippen LogP contribution in [0, 0.1) is 0 Å². The van der Waals surface area contributed by atoms with Gasteiger partial charge in [-0.2, -0.15) is 0 Å². The van der Waals surface area contributed by atoms with Gasteiger partial charge in [-0.3, -0.25) is 4.79 Å². The highest BCUT2D eigenvalue weighted by Crippen LogP contribution is 2.29. The Hall–Kier alpha value is -1.56. The molecule has 2 rings (SSSR count). The van der Waals surface area contributed by atoms with E-state index in [4.69, 9.17) is 5.73 Å². The Morgan fingerprint density at radius 3 is 2.64 bits per heavy atom. The second-order valence-corrected chi connectivity index (χ2v) is 4.97. The number of hydrogen-bond donors (Lipinski definition) is 1. The first-order chi connectivity index (χ1) is 6.44. The summed E-state index contributed by atoms with van der Waals surface area (Å²) in [6.45, 7) is 0. The SMILES string of the molecule is CN1C(=O)c2cc(N)ccc2S1(=O)=O. The first kappa shape index (κ1) is 9.01. The molecule has 14 heavy (non-hydrogen) atoms. The number of hydrogen-bond acceptors (Lipinski definition) is 4. The number of benzene rings is 1. The zero-order valence-corrected chi connectivity index (χ0v) is 8.21. The standard InChI is InChI=1S/C8H8N2O3S/c1-10-8(11)6-4-5(9)2-3-7(6)14(10,12)13/h2-4H,9H2,1H3. The number of carbonyl (C=O) groups is 1. The lowest BCUT2D eigenvalue weighted by molar-refractivity contribution is 0.0891. The third-order valence-corrected chi connectivity index (χ3v) is 3.96. The maximum atomic E-state index is 11.6. The third kappa shape index (κ3) is 0.941. The van der Waals surface area contributed by atoms with Crippen molar-refractivity contribution in [1.29, 1.82) is 0 Å². The van der Waals surface area contributed by atoms with Crippen LogP contribution in [-0.4, -0.2) is 25.7 Å². The fourth-order valence-corrected chi connectivity index (χ4v) is 2.64. The third-order valence-electron chi connectivity index (χ3n) is 2.16. The van der Waals surface area contributed by atoms with Crippen molar-refractivity contribution in [3.8, 4) is 0 Å². The van der Waals surface area contributed by atoms with Gasteiger partial charge in [-0.1, -0.05) is 0 Å². The molecule has 2 N–H and O–H groups in total. The highest BCUT2D eigenvalue weighted by molar-refractivity contribution is 7.90. The second-order valence-electron chi connectivity index (χ2n) is 3.03. The summed E-state index contributed by atoms with van der Waals surface area (Å²) in [5.41, 5.74) is 5.98. The molecule has 0 saturated heterocycles. The van der Waals surface area contributed by atoms with E-state index in [1.54, 1.807) is 0 Å². The lowest BCUT2D eigenvalue weighted by Crippen LogP contribution is -2.24. The van der Waals surface area contributed by atoms with E-state index in [9.17, 15) is 13.2 Å². The van der Waals surface area contributed by atoms with E-state index in [0.717, 1.165) is 4.31 Å². The molecule has 0 unspecified atom stereocenters. The summed E-state index contributed by atoms with van der Waals surface area (Å²) in [5, 5.41) is 0. The number of nitrogens with zero attached hydrogens (tertiary/aromatic N) is 1. The lowest BCUT2D eigenvalue weighted by atomic mass is 10.2. The monoisotopic (exact) mass is 212 g/mol. The molecule has 0 spiro atoms. The highest BCUT2D eigenvalue weighted by atomic mass is 32.2. The summed E-state index contributed by atoms with van der Waals surface area (Å²) in [6, 6.07) is 4.18. The van der Waals surface area contributed by atoms with Gasteiger partial charge in [0.25, 0.3) is 15.9 Å². The molecule has 6 heteroatoms. The minimum Gasteiger partial charge on any atom is -0.399 e. The summed E-state index contributed by atoms with van der Waals surface area (Å²) >= 11 is 0. The summed E-state index contributed by atoms with van der Waals surface area (Å²) < 4.78 is 23.9. The Labute approximate surface area is 81.2 Å². The van der Waals surface area contributed by atoms with Crippen LogP contribution in [-0.2, 0) is 10.0 Å². The Bertz CT molecular complexity index is 521. The van der Waals surface area contributed by atoms with E-state index in [1.807, 2.05) is 0 Å². The Balaban J connectivity index is 2.81. The van der Waals surface area contributed by atoms with E-state index in [0.29, 0.717) is 5.69 Å². The normalized spacial score (nSPS) is 18.4. The zero-order chi connectivity index (χ0) is 10.5. The van der Waals surface area contributed by atoms with Gasteiger partial charge >= 0.3 is 0 Å². The Morgan fingerprint density at radius 2 is 2.00 bits per heavy atom. The van der Waals surface area contributed by atoms with Crippen LogP contribution in [0.1, 0.15) is 10.4 Å². The number of nitrogens with two attached hydrogens (primary N) is 1. The van der Waals surface area contributed by atoms with Gasteiger partial charge < -0.3 is 5.73 Å². The van der Waals surface area contributed by atoms with Gasteiger partial charge in [-0.15, -0.1) is 0 Å². The number of carbonyl (C=O) groups excluding carboxylic acids is 1. The molecular weight excluding hydrogens is 204 g/mol. The maximum Gasteiger partial charge on any atom is 0.268 e. The van der Waals surface area contributed by atoms with Crippen LogP contribution >= 0.6 is 0 Å². The summed E-state index contributed by atoms with van der Waals surface area (Å²) in [4.78, 5) is 11.5. The highest BCUT2D eigenvalue weighted by Gasteiger charge is 2.38. The maximum absolute atomic E-state index is 11.6. The van der Waals surface area contributed by atoms with Crippen molar-refractivity contribution in [3.63, 3.8) is 0 Å². The van der Waals surface area contributed by atoms with Crippen molar-refractivity contribution >= 4 is 21.6 Å². The number of fused-ring (bicyclic) bond motifs is 1. The molecule has 1 aromatic carbocycles. The second kappa shape index (κ2) is 2.48. The number of nitrogen functional groups attached to an aromatic ring is 1. The molecule has 1 aliphatic rings. The smallest absolute Gasteiger partial charge is 0.268 e. The van der Waals surface area contributed by atoms with E-state index in [-0.39, 0.29) is 10.5 Å². The number of anilines is 1. The predicted octanol–water partition coefficient (Wildman–Crippen LogP) is 0.0431. The minimum absolute atomic E-state index is 0.0270. The zero-order valence-electron chi connectivity index (χ0n) is 7.39. The topological polar surface area (TPSA) is 80.5 Å². The van der Waals surface area contributed by atoms with Gasteiger partial charge in [0.05, 0.1) is 5.56 Å². The largest absolute Gasteiger partial charge is 0.399 e. The van der Waals surface area contributed by atoms with Crippen molar-refractivity contribution in [3.05, 3.63) is 23.8 Å². The van der Waals surface area contributed by atoms with Crippen LogP contribution in [0.4, 0.5) is 5.69 Å². The van der Waals surface area contributed by atoms with Crippen molar-refractivity contribution in [2.75, 3.05) is 12.8 Å². The molecule has 1 aliphatic heterocycles. The van der Waals surface area contributed by atoms with Crippen LogP contribution in [0.25, 0.3) is 0 Å². The van der Waals surface area contributed by atoms with Crippen molar-refractivity contribution in [2.24, 2.45) is 0 Å². The van der Waals surface area contributed by atoms with Gasteiger partial charge in [0, 0.05) is 12.7 Å². The molecule has 0 aromatic heterocycles. The molecule has 0 fully saturated rings. The molecule has 0 saturated carbocycles. The van der Waals surface area contributed by atoms with E-state index in [1.165, 1.54) is 25.2 Å². The number of amides is 1. The van der Waals surface area contributed by atoms with Gasteiger partial charge in [-0.25, -0.2) is 12.7 Å². The van der Waals surface area contributed by atoms with Crippen molar-refractivity contribution in [2.45, 2.75) is 4.90 Å². The first-order valence-corrected chi connectivity index (χ1v) is 5.31. The molecule has 5 nitrogen and oxygen atoms in total. The van der Waals surface area contributed by atoms with E-state index >= 15 is 0 Å². The van der Waals surface area contributed by atoms with Crippen molar-refractivity contribution < 1.29 is 13.2 Å². The fourth-order valence-electron chi connectivity index (χ4n) is 1.37. The molecular formula is C8H8N2O3S. The average molecular weight is 212 g/mol. The number of sulfonamides is 1. The van der Waals surface area contributed by atoms with Gasteiger partial charge in [0.1, 0.15) is 4.90 Å². The summed E-state index contributed by atoms with van der Waals surface area (Å²) in [6.07, 6.45) is 0. The quantitative estimate of drug-likeness (QED) is 0.616. The molecule has 1 heterocycles. The molecule has 0 radical (unpaired) electrons. The number of rotatable bonds is 0. The molecule has 0 atom stereocenters. The van der Waals surface area contributed by atoms with Crippen LogP contribution in [0.3, 0.4) is 0 Å². The molecule has 1 aromatic rings. The Morgan fingerprint density at radius 1 is 1.36 bits per heavy atom. The van der Waals surface area contributed by atoms with Crippen LogP contribution in [0.15, 0.2) is 23.1 Å². The van der Waals surface area contributed by atoms with E-state index in [2.05, 4.69) is 0 Å². The van der Waals surface area contributed by atoms with Crippen LogP contribution < -0.4 is 5.73 Å². The van der Waals surface area contributed by atoms with E-state index < -0.39 is 15.9 Å². The van der Waals surface area contributed by atoms with Crippen LogP contribution in [0.5, 0.6) is 0 Å². The Kier molecular flexibility index (Phi) is 1.59. The van der Waals surface area contributed by atoms with Gasteiger partial charge in [0.2, 0.25) is 0 Å². The minimum atomic E-state index is -3.62. The fraction of sp³-hybridized carbons (Fsp3) is 0.125. The molecule has 1 amide bonds. The van der Waals surface area contributed by atoms with Gasteiger partial charge in [-0.05, 0) is 18.2 Å². The first-order valence-electron chi connectivity index (χ1n) is 3.87. The molecule has 0 bridgehead atoms. The predicted molar refractivity (Wildman–Crippen MR) is 50.1 cm³/mol. The lowest BCUT2D eigenvalue weighted by Gasteiger charge is -2.05. The van der Waals surface area contributed by atoms with Crippen LogP contribution in [0.2, 0.25) is 0 Å². The van der Waals surface area contributed by atoms with Gasteiger partial charge in [0.15, 0.2) is 0 Å².